The summed E-state index contributed by atoms with van der Waals surface area (Å²) in [5, 5.41) is 14.1. The second-order valence-electron chi connectivity index (χ2n) is 6.49. The van der Waals surface area contributed by atoms with Crippen LogP contribution in [0.15, 0.2) is 29.4 Å². The molecule has 0 bridgehead atoms. The summed E-state index contributed by atoms with van der Waals surface area (Å²) in [7, 11) is 1.48. The Balaban J connectivity index is 2.24. The van der Waals surface area contributed by atoms with Gasteiger partial charge in [-0.15, -0.1) is 0 Å². The molecule has 25 heavy (non-hydrogen) atoms. The molecule has 2 rings (SSSR count). The molecule has 0 saturated heterocycles. The number of hydrogen-bond acceptors (Lipinski definition) is 4. The summed E-state index contributed by atoms with van der Waals surface area (Å²) in [6, 6.07) is 6.38. The molecule has 1 heterocycles. The fourth-order valence-electron chi connectivity index (χ4n) is 2.68. The Morgan fingerprint density at radius 1 is 1.36 bits per heavy atom. The quantitative estimate of drug-likeness (QED) is 0.880. The van der Waals surface area contributed by atoms with Crippen LogP contribution in [0.1, 0.15) is 32.3 Å². The third kappa shape index (κ3) is 4.12. The molecule has 1 aliphatic heterocycles. The van der Waals surface area contributed by atoms with Crippen LogP contribution in [0.5, 0.6) is 5.75 Å². The maximum Gasteiger partial charge on any atom is 0.438 e. The number of hydrazone groups is 1. The highest BCUT2D eigenvalue weighted by atomic mass is 19.4. The number of aliphatic hydroxyl groups is 1. The van der Waals surface area contributed by atoms with Crippen molar-refractivity contribution in [2.24, 2.45) is 11.0 Å². The van der Waals surface area contributed by atoms with Crippen molar-refractivity contribution in [3.63, 3.8) is 0 Å². The third-order valence-corrected chi connectivity index (χ3v) is 3.89. The summed E-state index contributed by atoms with van der Waals surface area (Å²) in [4.78, 5) is 12.4. The van der Waals surface area contributed by atoms with Crippen LogP contribution in [0.2, 0.25) is 0 Å². The first kappa shape index (κ1) is 19.2. The smallest absolute Gasteiger partial charge is 0.438 e. The third-order valence-electron chi connectivity index (χ3n) is 3.89. The summed E-state index contributed by atoms with van der Waals surface area (Å²) < 4.78 is 45.1. The highest BCUT2D eigenvalue weighted by molar-refractivity contribution is 5.91. The summed E-state index contributed by atoms with van der Waals surface area (Å²) in [6.07, 6.45) is -5.74. The van der Waals surface area contributed by atoms with Gasteiger partial charge in [0, 0.05) is 12.1 Å². The van der Waals surface area contributed by atoms with Crippen LogP contribution in [0.4, 0.5) is 13.2 Å². The fraction of sp³-hybridized carbons (Fsp3) is 0.529. The van der Waals surface area contributed by atoms with Gasteiger partial charge in [-0.2, -0.15) is 23.3 Å². The minimum absolute atomic E-state index is 0.0628. The van der Waals surface area contributed by atoms with E-state index in [-0.39, 0.29) is 29.5 Å². The Hall–Kier alpha value is -2.09. The van der Waals surface area contributed by atoms with E-state index in [1.807, 2.05) is 13.8 Å². The molecule has 138 valence electrons. The van der Waals surface area contributed by atoms with Gasteiger partial charge in [0.25, 0.3) is 5.72 Å². The number of amides is 1. The Kier molecular flexibility index (Phi) is 5.41. The largest absolute Gasteiger partial charge is 0.497 e. The predicted octanol–water partition coefficient (Wildman–Crippen LogP) is 3.12. The van der Waals surface area contributed by atoms with E-state index >= 15 is 0 Å². The van der Waals surface area contributed by atoms with Gasteiger partial charge in [-0.05, 0) is 30.0 Å². The number of carbonyl (C=O) groups is 1. The van der Waals surface area contributed by atoms with Crippen LogP contribution >= 0.6 is 0 Å². The molecular weight excluding hydrogens is 337 g/mol. The van der Waals surface area contributed by atoms with Crippen molar-refractivity contribution in [3.05, 3.63) is 29.8 Å². The molecule has 0 fully saturated rings. The van der Waals surface area contributed by atoms with E-state index in [2.05, 4.69) is 5.10 Å². The first-order valence-corrected chi connectivity index (χ1v) is 7.88. The molecule has 1 aromatic carbocycles. The van der Waals surface area contributed by atoms with E-state index in [0.717, 1.165) is 0 Å². The van der Waals surface area contributed by atoms with Crippen molar-refractivity contribution < 1.29 is 27.8 Å². The van der Waals surface area contributed by atoms with Crippen molar-refractivity contribution in [1.29, 1.82) is 0 Å². The van der Waals surface area contributed by atoms with Crippen LogP contribution in [0, 0.1) is 5.92 Å². The van der Waals surface area contributed by atoms with E-state index in [9.17, 15) is 23.1 Å². The lowest BCUT2D eigenvalue weighted by Gasteiger charge is -2.32. The average Bonchev–Trinajstić information content (AvgIpc) is 2.85. The predicted molar refractivity (Wildman–Crippen MR) is 86.1 cm³/mol. The van der Waals surface area contributed by atoms with E-state index < -0.39 is 24.2 Å². The molecule has 1 amide bonds. The highest BCUT2D eigenvalue weighted by Gasteiger charge is 2.62. The van der Waals surface area contributed by atoms with Gasteiger partial charge in [-0.1, -0.05) is 26.0 Å². The number of carbonyl (C=O) groups excluding carboxylic acids is 1. The van der Waals surface area contributed by atoms with Crippen LogP contribution in [0.3, 0.4) is 0 Å². The second-order valence-corrected chi connectivity index (χ2v) is 6.49. The van der Waals surface area contributed by atoms with Gasteiger partial charge in [0.05, 0.1) is 13.5 Å². The topological polar surface area (TPSA) is 62.1 Å². The molecule has 0 spiro atoms. The monoisotopic (exact) mass is 358 g/mol. The molecule has 5 nitrogen and oxygen atoms in total. The van der Waals surface area contributed by atoms with E-state index in [1.54, 1.807) is 24.3 Å². The average molecular weight is 358 g/mol. The van der Waals surface area contributed by atoms with Crippen molar-refractivity contribution in [2.45, 2.75) is 45.0 Å². The lowest BCUT2D eigenvalue weighted by molar-refractivity contribution is -0.302. The molecule has 1 aliphatic rings. The lowest BCUT2D eigenvalue weighted by atomic mass is 9.99. The van der Waals surface area contributed by atoms with E-state index in [1.165, 1.54) is 7.11 Å². The van der Waals surface area contributed by atoms with Gasteiger partial charge in [0.2, 0.25) is 5.91 Å². The number of alkyl halides is 3. The van der Waals surface area contributed by atoms with E-state index in [4.69, 9.17) is 4.74 Å². The molecule has 1 atom stereocenters. The summed E-state index contributed by atoms with van der Waals surface area (Å²) in [5.74, 6) is -0.280. The first-order chi connectivity index (χ1) is 11.6. The summed E-state index contributed by atoms with van der Waals surface area (Å²) >= 11 is 0. The molecule has 1 N–H and O–H groups in total. The zero-order chi connectivity index (χ0) is 18.8. The lowest BCUT2D eigenvalue weighted by Crippen LogP contribution is -2.57. The molecule has 0 saturated carbocycles. The van der Waals surface area contributed by atoms with E-state index in [0.29, 0.717) is 11.3 Å². The summed E-state index contributed by atoms with van der Waals surface area (Å²) in [6.45, 7) is 3.66. The van der Waals surface area contributed by atoms with Gasteiger partial charge < -0.3 is 9.84 Å². The number of hydrogen-bond donors (Lipinski definition) is 1. The number of nitrogens with zero attached hydrogens (tertiary/aromatic N) is 2. The minimum Gasteiger partial charge on any atom is -0.497 e. The molecule has 0 unspecified atom stereocenters. The minimum atomic E-state index is -5.00. The number of rotatable bonds is 5. The second kappa shape index (κ2) is 7.03. The van der Waals surface area contributed by atoms with Gasteiger partial charge in [-0.25, -0.2) is 0 Å². The molecule has 0 aromatic heterocycles. The van der Waals surface area contributed by atoms with Crippen molar-refractivity contribution in [3.8, 4) is 5.75 Å². The number of benzene rings is 1. The molecule has 0 aliphatic carbocycles. The van der Waals surface area contributed by atoms with Crippen LogP contribution in [-0.2, 0) is 11.2 Å². The molecular formula is C17H21F3N2O3. The number of ether oxygens (including phenoxy) is 1. The van der Waals surface area contributed by atoms with Gasteiger partial charge in [-0.3, -0.25) is 4.79 Å². The van der Waals surface area contributed by atoms with Crippen LogP contribution in [0.25, 0.3) is 0 Å². The maximum absolute atomic E-state index is 13.4. The SMILES string of the molecule is COc1ccc(CC(=O)N2N=C(CC(C)C)C[C@]2(O)C(F)(F)F)cc1. The summed E-state index contributed by atoms with van der Waals surface area (Å²) in [5.41, 5.74) is -2.62. The fourth-order valence-corrected chi connectivity index (χ4v) is 2.68. The first-order valence-electron chi connectivity index (χ1n) is 7.88. The number of halogens is 3. The standard InChI is InChI=1S/C17H21F3N2O3/c1-11(2)8-13-10-16(24,17(18,19)20)22(21-13)15(23)9-12-4-6-14(25-3)7-5-12/h4-7,11,24H,8-10H2,1-3H3/t16-/m0/s1. The molecule has 8 heteroatoms. The molecule has 1 aromatic rings. The van der Waals surface area contributed by atoms with Crippen molar-refractivity contribution in [2.75, 3.05) is 7.11 Å². The van der Waals surface area contributed by atoms with Gasteiger partial charge in [0.15, 0.2) is 0 Å². The zero-order valence-electron chi connectivity index (χ0n) is 14.3. The Morgan fingerprint density at radius 3 is 2.44 bits per heavy atom. The van der Waals surface area contributed by atoms with Gasteiger partial charge >= 0.3 is 6.18 Å². The number of methoxy groups -OCH3 is 1. The Labute approximate surface area is 144 Å². The Morgan fingerprint density at radius 2 is 1.96 bits per heavy atom. The van der Waals surface area contributed by atoms with Gasteiger partial charge in [0.1, 0.15) is 5.75 Å². The van der Waals surface area contributed by atoms with Crippen LogP contribution in [-0.4, -0.2) is 40.7 Å². The highest BCUT2D eigenvalue weighted by Crippen LogP contribution is 2.41. The zero-order valence-corrected chi connectivity index (χ0v) is 14.3. The normalized spacial score (nSPS) is 20.8. The van der Waals surface area contributed by atoms with Crippen LogP contribution < -0.4 is 4.74 Å². The maximum atomic E-state index is 13.4. The Bertz CT molecular complexity index is 656. The van der Waals surface area contributed by atoms with Crippen molar-refractivity contribution >= 4 is 11.6 Å². The van der Waals surface area contributed by atoms with Crippen molar-refractivity contribution in [1.82, 2.24) is 5.01 Å². The molecule has 0 radical (unpaired) electrons.